The van der Waals surface area contributed by atoms with Crippen LogP contribution < -0.4 is 20.9 Å². The molecule has 5 nitrogen and oxygen atoms in total. The number of benzene rings is 1. The first-order chi connectivity index (χ1) is 9.22. The first-order valence-electron chi connectivity index (χ1n) is 5.99. The topological polar surface area (TPSA) is 63.4 Å². The zero-order chi connectivity index (χ0) is 13.7. The zero-order valence-electron chi connectivity index (χ0n) is 11.1. The normalized spacial score (nSPS) is 10.1. The Morgan fingerprint density at radius 1 is 1.32 bits per heavy atom. The predicted octanol–water partition coefficient (Wildman–Crippen LogP) is 2.01. The quantitative estimate of drug-likeness (QED) is 0.634. The summed E-state index contributed by atoms with van der Waals surface area (Å²) in [5.41, 5.74) is 5.49. The fraction of sp³-hybridized carbons (Fsp3) is 0.214. The molecule has 0 bridgehead atoms. The fourth-order valence-corrected chi connectivity index (χ4v) is 1.84. The molecule has 0 amide bonds. The van der Waals surface area contributed by atoms with Crippen molar-refractivity contribution in [2.75, 3.05) is 24.5 Å². The molecule has 0 aliphatic heterocycles. The molecular formula is C14H18N4O. The molecule has 1 aromatic heterocycles. The summed E-state index contributed by atoms with van der Waals surface area (Å²) in [6.07, 6.45) is 1.74. The maximum absolute atomic E-state index is 5.39. The molecule has 0 radical (unpaired) electrons. The van der Waals surface area contributed by atoms with Crippen LogP contribution in [0.2, 0.25) is 0 Å². The average Bonchev–Trinajstić information content (AvgIpc) is 2.47. The Hall–Kier alpha value is -2.27. The van der Waals surface area contributed by atoms with Crippen LogP contribution in [0.1, 0.15) is 5.69 Å². The van der Waals surface area contributed by atoms with Crippen LogP contribution in [0, 0.1) is 0 Å². The number of hydrazine groups is 1. The number of pyridine rings is 1. The summed E-state index contributed by atoms with van der Waals surface area (Å²) in [6, 6.07) is 11.7. The van der Waals surface area contributed by atoms with E-state index in [0.29, 0.717) is 6.54 Å². The summed E-state index contributed by atoms with van der Waals surface area (Å²) in [6.45, 7) is 0.697. The van der Waals surface area contributed by atoms with Crippen molar-refractivity contribution in [3.8, 4) is 5.75 Å². The highest BCUT2D eigenvalue weighted by atomic mass is 16.5. The Balaban J connectivity index is 2.13. The molecule has 1 heterocycles. The van der Waals surface area contributed by atoms with Gasteiger partial charge in [-0.1, -0.05) is 6.07 Å². The number of anilines is 2. The van der Waals surface area contributed by atoms with E-state index in [1.54, 1.807) is 13.3 Å². The zero-order valence-corrected chi connectivity index (χ0v) is 11.1. The van der Waals surface area contributed by atoms with Crippen molar-refractivity contribution in [1.29, 1.82) is 0 Å². The lowest BCUT2D eigenvalue weighted by molar-refractivity contribution is 0.415. The Morgan fingerprint density at radius 2 is 2.16 bits per heavy atom. The monoisotopic (exact) mass is 258 g/mol. The summed E-state index contributed by atoms with van der Waals surface area (Å²) in [7, 11) is 3.68. The molecule has 19 heavy (non-hydrogen) atoms. The molecule has 100 valence electrons. The Labute approximate surface area is 113 Å². The van der Waals surface area contributed by atoms with E-state index in [4.69, 9.17) is 10.6 Å². The van der Waals surface area contributed by atoms with Gasteiger partial charge in [0.1, 0.15) is 5.75 Å². The molecule has 0 saturated heterocycles. The minimum atomic E-state index is 0.697. The minimum absolute atomic E-state index is 0.697. The van der Waals surface area contributed by atoms with Crippen molar-refractivity contribution in [2.45, 2.75) is 6.54 Å². The predicted molar refractivity (Wildman–Crippen MR) is 77.1 cm³/mol. The average molecular weight is 258 g/mol. The number of nitrogens with two attached hydrogens (primary N) is 1. The maximum atomic E-state index is 5.39. The van der Waals surface area contributed by atoms with Crippen LogP contribution in [0.15, 0.2) is 42.6 Å². The van der Waals surface area contributed by atoms with Gasteiger partial charge in [-0.05, 0) is 24.3 Å². The number of hydrogen-bond donors (Lipinski definition) is 2. The van der Waals surface area contributed by atoms with Gasteiger partial charge in [0.05, 0.1) is 25.0 Å². The summed E-state index contributed by atoms with van der Waals surface area (Å²) in [4.78, 5) is 6.43. The standard InChI is InChI=1S/C14H18N4O/c1-18(13-4-3-5-14(9-13)19-2)10-12-8-11(17-15)6-7-16-12/h3-9H,10,15H2,1-2H3,(H,16,17). The molecule has 3 N–H and O–H groups in total. The van der Waals surface area contributed by atoms with Gasteiger partial charge < -0.3 is 15.1 Å². The number of hydrogen-bond acceptors (Lipinski definition) is 5. The van der Waals surface area contributed by atoms with Crippen molar-refractivity contribution in [3.05, 3.63) is 48.3 Å². The van der Waals surface area contributed by atoms with E-state index in [2.05, 4.69) is 15.3 Å². The van der Waals surface area contributed by atoms with E-state index in [1.165, 1.54) is 0 Å². The molecule has 2 aromatic rings. The van der Waals surface area contributed by atoms with Crippen molar-refractivity contribution < 1.29 is 4.74 Å². The largest absolute Gasteiger partial charge is 0.497 e. The third kappa shape index (κ3) is 3.35. The summed E-state index contributed by atoms with van der Waals surface area (Å²) < 4.78 is 5.22. The molecule has 1 aromatic carbocycles. The SMILES string of the molecule is COc1cccc(N(C)Cc2cc(NN)ccn2)c1. The Bertz CT molecular complexity index is 544. The van der Waals surface area contributed by atoms with Crippen LogP contribution >= 0.6 is 0 Å². The lowest BCUT2D eigenvalue weighted by atomic mass is 10.2. The van der Waals surface area contributed by atoms with Crippen LogP contribution in [0.4, 0.5) is 11.4 Å². The number of nitrogen functional groups attached to an aromatic ring is 1. The van der Waals surface area contributed by atoms with E-state index >= 15 is 0 Å². The van der Waals surface area contributed by atoms with Crippen LogP contribution in [0.5, 0.6) is 5.75 Å². The van der Waals surface area contributed by atoms with E-state index in [0.717, 1.165) is 22.8 Å². The second-order valence-electron chi connectivity index (χ2n) is 4.24. The molecule has 0 unspecified atom stereocenters. The molecular weight excluding hydrogens is 240 g/mol. The lowest BCUT2D eigenvalue weighted by Crippen LogP contribution is -2.17. The van der Waals surface area contributed by atoms with Crippen LogP contribution in [-0.4, -0.2) is 19.1 Å². The molecule has 0 aliphatic rings. The first kappa shape index (κ1) is 13.2. The number of nitrogens with zero attached hydrogens (tertiary/aromatic N) is 2. The fourth-order valence-electron chi connectivity index (χ4n) is 1.84. The summed E-state index contributed by atoms with van der Waals surface area (Å²) >= 11 is 0. The number of ether oxygens (including phenoxy) is 1. The van der Waals surface area contributed by atoms with Crippen LogP contribution in [-0.2, 0) is 6.54 Å². The summed E-state index contributed by atoms with van der Waals surface area (Å²) in [5.74, 6) is 6.23. The second-order valence-corrected chi connectivity index (χ2v) is 4.24. The van der Waals surface area contributed by atoms with Crippen molar-refractivity contribution in [1.82, 2.24) is 4.98 Å². The molecule has 0 saturated carbocycles. The van der Waals surface area contributed by atoms with Gasteiger partial charge in [0, 0.05) is 25.0 Å². The van der Waals surface area contributed by atoms with E-state index < -0.39 is 0 Å². The van der Waals surface area contributed by atoms with Gasteiger partial charge in [-0.15, -0.1) is 0 Å². The van der Waals surface area contributed by atoms with Crippen molar-refractivity contribution in [2.24, 2.45) is 5.84 Å². The maximum Gasteiger partial charge on any atom is 0.120 e. The molecule has 0 spiro atoms. The Kier molecular flexibility index (Phi) is 4.20. The third-order valence-corrected chi connectivity index (χ3v) is 2.88. The molecule has 5 heteroatoms. The van der Waals surface area contributed by atoms with E-state index in [1.807, 2.05) is 43.4 Å². The highest BCUT2D eigenvalue weighted by molar-refractivity contribution is 5.51. The molecule has 2 rings (SSSR count). The number of rotatable bonds is 5. The number of methoxy groups -OCH3 is 1. The summed E-state index contributed by atoms with van der Waals surface area (Å²) in [5, 5.41) is 0. The van der Waals surface area contributed by atoms with E-state index in [9.17, 15) is 0 Å². The van der Waals surface area contributed by atoms with Gasteiger partial charge in [-0.3, -0.25) is 10.8 Å². The highest BCUT2D eigenvalue weighted by Crippen LogP contribution is 2.21. The smallest absolute Gasteiger partial charge is 0.120 e. The van der Waals surface area contributed by atoms with Crippen molar-refractivity contribution in [3.63, 3.8) is 0 Å². The Morgan fingerprint density at radius 3 is 2.89 bits per heavy atom. The number of nitrogens with one attached hydrogen (secondary N) is 1. The highest BCUT2D eigenvalue weighted by Gasteiger charge is 2.05. The molecule has 0 atom stereocenters. The lowest BCUT2D eigenvalue weighted by Gasteiger charge is -2.19. The van der Waals surface area contributed by atoms with Gasteiger partial charge >= 0.3 is 0 Å². The molecule has 0 aliphatic carbocycles. The van der Waals surface area contributed by atoms with Gasteiger partial charge in [-0.2, -0.15) is 0 Å². The van der Waals surface area contributed by atoms with Crippen molar-refractivity contribution >= 4 is 11.4 Å². The van der Waals surface area contributed by atoms with Gasteiger partial charge in [0.15, 0.2) is 0 Å². The van der Waals surface area contributed by atoms with Gasteiger partial charge in [0.25, 0.3) is 0 Å². The van der Waals surface area contributed by atoms with Gasteiger partial charge in [-0.25, -0.2) is 0 Å². The van der Waals surface area contributed by atoms with Crippen LogP contribution in [0.3, 0.4) is 0 Å². The van der Waals surface area contributed by atoms with E-state index in [-0.39, 0.29) is 0 Å². The number of aromatic nitrogens is 1. The third-order valence-electron chi connectivity index (χ3n) is 2.88. The molecule has 0 fully saturated rings. The minimum Gasteiger partial charge on any atom is -0.497 e. The first-order valence-corrected chi connectivity index (χ1v) is 5.99. The van der Waals surface area contributed by atoms with Gasteiger partial charge in [0.2, 0.25) is 0 Å². The second kappa shape index (κ2) is 6.06. The van der Waals surface area contributed by atoms with Crippen LogP contribution in [0.25, 0.3) is 0 Å².